The number of imide groups is 1. The third kappa shape index (κ3) is 2.58. The second kappa shape index (κ2) is 5.04. The lowest BCUT2D eigenvalue weighted by molar-refractivity contribution is -0.130. The van der Waals surface area contributed by atoms with E-state index in [4.69, 9.17) is 11.6 Å². The maximum Gasteiger partial charge on any atom is 0.322 e. The summed E-state index contributed by atoms with van der Waals surface area (Å²) in [7, 11) is 0. The molecule has 2 fully saturated rings. The fourth-order valence-corrected chi connectivity index (χ4v) is 2.98. The van der Waals surface area contributed by atoms with Crippen LogP contribution in [-0.2, 0) is 16.0 Å². The van der Waals surface area contributed by atoms with Crippen LogP contribution in [0.5, 0.6) is 0 Å². The van der Waals surface area contributed by atoms with E-state index in [2.05, 4.69) is 10.6 Å². The highest BCUT2D eigenvalue weighted by Crippen LogP contribution is 2.25. The summed E-state index contributed by atoms with van der Waals surface area (Å²) in [5, 5.41) is 5.43. The van der Waals surface area contributed by atoms with Crippen molar-refractivity contribution in [3.8, 4) is 0 Å². The quantitative estimate of drug-likeness (QED) is 0.789. The summed E-state index contributed by atoms with van der Waals surface area (Å²) in [6.07, 6.45) is 0.665. The van der Waals surface area contributed by atoms with Crippen LogP contribution in [0.15, 0.2) is 24.3 Å². The number of rotatable bonds is 2. The predicted octanol–water partition coefficient (Wildman–Crippen LogP) is 0.693. The Morgan fingerprint density at radius 3 is 2.86 bits per heavy atom. The number of hydrogen-bond acceptors (Lipinski definition) is 3. The molecule has 1 atom stereocenters. The Hall–Kier alpha value is -2.08. The van der Waals surface area contributed by atoms with Gasteiger partial charge in [-0.05, 0) is 24.1 Å². The second-order valence-corrected chi connectivity index (χ2v) is 5.80. The number of likely N-dealkylation sites (tertiary alicyclic amines) is 1. The summed E-state index contributed by atoms with van der Waals surface area (Å²) >= 11 is 5.90. The average Bonchev–Trinajstić information content (AvgIpc) is 2.95. The number of carbonyl (C=O) groups excluding carboxylic acids is 3. The van der Waals surface area contributed by atoms with Crippen LogP contribution >= 0.6 is 11.6 Å². The second-order valence-electron chi connectivity index (χ2n) is 5.36. The standard InChI is InChI=1S/C14H14ClN3O3/c15-10-3-1-2-9(6-10)7-11(19)18-5-4-14(8-18)12(20)16-13(21)17-14/h1-3,6H,4-5,7-8H2,(H2,16,17,20,21). The molecule has 1 spiro atoms. The van der Waals surface area contributed by atoms with Gasteiger partial charge in [0, 0.05) is 11.6 Å². The van der Waals surface area contributed by atoms with Gasteiger partial charge in [0.25, 0.3) is 5.91 Å². The zero-order chi connectivity index (χ0) is 15.0. The van der Waals surface area contributed by atoms with E-state index in [0.717, 1.165) is 5.56 Å². The summed E-state index contributed by atoms with van der Waals surface area (Å²) < 4.78 is 0. The molecule has 1 aromatic carbocycles. The number of carbonyl (C=O) groups is 3. The zero-order valence-electron chi connectivity index (χ0n) is 11.2. The lowest BCUT2D eigenvalue weighted by atomic mass is 9.99. The molecule has 1 unspecified atom stereocenters. The molecule has 0 aliphatic carbocycles. The minimum atomic E-state index is -0.957. The molecule has 1 aromatic rings. The third-order valence-corrected chi connectivity index (χ3v) is 4.12. The topological polar surface area (TPSA) is 78.5 Å². The molecule has 4 amide bonds. The number of amides is 4. The molecule has 0 saturated carbocycles. The molecule has 110 valence electrons. The van der Waals surface area contributed by atoms with Crippen LogP contribution < -0.4 is 10.6 Å². The summed E-state index contributed by atoms with van der Waals surface area (Å²) in [5.74, 6) is -0.436. The van der Waals surface area contributed by atoms with Crippen molar-refractivity contribution in [1.29, 1.82) is 0 Å². The fraction of sp³-hybridized carbons (Fsp3) is 0.357. The van der Waals surface area contributed by atoms with E-state index in [9.17, 15) is 14.4 Å². The molecule has 2 N–H and O–H groups in total. The molecular weight excluding hydrogens is 294 g/mol. The van der Waals surface area contributed by atoms with Gasteiger partial charge in [-0.3, -0.25) is 14.9 Å². The van der Waals surface area contributed by atoms with Crippen molar-refractivity contribution in [3.63, 3.8) is 0 Å². The highest BCUT2D eigenvalue weighted by atomic mass is 35.5. The van der Waals surface area contributed by atoms with E-state index in [1.165, 1.54) is 0 Å². The van der Waals surface area contributed by atoms with E-state index in [-0.39, 0.29) is 24.8 Å². The summed E-state index contributed by atoms with van der Waals surface area (Å²) in [6, 6.07) is 6.62. The lowest BCUT2D eigenvalue weighted by Crippen LogP contribution is -2.49. The fourth-order valence-electron chi connectivity index (χ4n) is 2.77. The van der Waals surface area contributed by atoms with E-state index in [1.807, 2.05) is 6.07 Å². The molecule has 7 heteroatoms. The van der Waals surface area contributed by atoms with Gasteiger partial charge in [-0.25, -0.2) is 4.79 Å². The Bertz CT molecular complexity index is 634. The zero-order valence-corrected chi connectivity index (χ0v) is 11.9. The average molecular weight is 308 g/mol. The number of urea groups is 1. The van der Waals surface area contributed by atoms with Gasteiger partial charge in [0.1, 0.15) is 5.54 Å². The SMILES string of the molecule is O=C1NC(=O)C2(CCN(C(=O)Cc3cccc(Cl)c3)C2)N1. The van der Waals surface area contributed by atoms with Gasteiger partial charge in [0.05, 0.1) is 13.0 Å². The molecule has 2 aliphatic heterocycles. The molecule has 3 rings (SSSR count). The van der Waals surface area contributed by atoms with Crippen molar-refractivity contribution in [2.45, 2.75) is 18.4 Å². The van der Waals surface area contributed by atoms with Crippen molar-refractivity contribution in [3.05, 3.63) is 34.9 Å². The Balaban J connectivity index is 1.67. The van der Waals surface area contributed by atoms with Crippen LogP contribution in [0.2, 0.25) is 5.02 Å². The first-order valence-corrected chi connectivity index (χ1v) is 7.02. The molecule has 0 bridgehead atoms. The van der Waals surface area contributed by atoms with Gasteiger partial charge in [-0.2, -0.15) is 0 Å². The van der Waals surface area contributed by atoms with Gasteiger partial charge >= 0.3 is 6.03 Å². The minimum absolute atomic E-state index is 0.0805. The van der Waals surface area contributed by atoms with E-state index >= 15 is 0 Å². The Morgan fingerprint density at radius 1 is 1.38 bits per heavy atom. The van der Waals surface area contributed by atoms with Crippen LogP contribution in [0.25, 0.3) is 0 Å². The first-order chi connectivity index (χ1) is 9.98. The highest BCUT2D eigenvalue weighted by molar-refractivity contribution is 6.30. The smallest absolute Gasteiger partial charge is 0.322 e. The van der Waals surface area contributed by atoms with Gasteiger partial charge in [0.15, 0.2) is 0 Å². The molecule has 2 saturated heterocycles. The largest absolute Gasteiger partial charge is 0.339 e. The predicted molar refractivity (Wildman–Crippen MR) is 75.8 cm³/mol. The Labute approximate surface area is 126 Å². The van der Waals surface area contributed by atoms with Crippen molar-refractivity contribution in [2.75, 3.05) is 13.1 Å². The summed E-state index contributed by atoms with van der Waals surface area (Å²) in [4.78, 5) is 37.0. The van der Waals surface area contributed by atoms with Crippen LogP contribution in [0.3, 0.4) is 0 Å². The highest BCUT2D eigenvalue weighted by Gasteiger charge is 2.51. The van der Waals surface area contributed by atoms with Crippen molar-refractivity contribution in [2.24, 2.45) is 0 Å². The molecule has 2 heterocycles. The van der Waals surface area contributed by atoms with Crippen LogP contribution in [0.1, 0.15) is 12.0 Å². The molecule has 6 nitrogen and oxygen atoms in total. The maximum absolute atomic E-state index is 12.3. The molecule has 0 radical (unpaired) electrons. The van der Waals surface area contributed by atoms with E-state index < -0.39 is 11.6 Å². The maximum atomic E-state index is 12.3. The Morgan fingerprint density at radius 2 is 2.19 bits per heavy atom. The summed E-state index contributed by atoms with van der Waals surface area (Å²) in [5.41, 5.74) is -0.130. The number of hydrogen-bond donors (Lipinski definition) is 2. The van der Waals surface area contributed by atoms with Crippen molar-refractivity contribution < 1.29 is 14.4 Å². The first-order valence-electron chi connectivity index (χ1n) is 6.64. The number of benzene rings is 1. The van der Waals surface area contributed by atoms with Crippen LogP contribution in [0, 0.1) is 0 Å². The monoisotopic (exact) mass is 307 g/mol. The van der Waals surface area contributed by atoms with Crippen LogP contribution in [-0.4, -0.2) is 41.4 Å². The van der Waals surface area contributed by atoms with Gasteiger partial charge in [-0.15, -0.1) is 0 Å². The molecular formula is C14H14ClN3O3. The van der Waals surface area contributed by atoms with E-state index in [0.29, 0.717) is 18.0 Å². The Kier molecular flexibility index (Phi) is 3.33. The summed E-state index contributed by atoms with van der Waals surface area (Å²) in [6.45, 7) is 0.664. The number of nitrogens with zero attached hydrogens (tertiary/aromatic N) is 1. The van der Waals surface area contributed by atoms with Gasteiger partial charge in [0.2, 0.25) is 5.91 Å². The number of halogens is 1. The normalized spacial score (nSPS) is 24.3. The third-order valence-electron chi connectivity index (χ3n) is 3.88. The first kappa shape index (κ1) is 13.9. The van der Waals surface area contributed by atoms with Gasteiger partial charge in [-0.1, -0.05) is 23.7 Å². The molecule has 21 heavy (non-hydrogen) atoms. The van der Waals surface area contributed by atoms with Gasteiger partial charge < -0.3 is 10.2 Å². The minimum Gasteiger partial charge on any atom is -0.339 e. The lowest BCUT2D eigenvalue weighted by Gasteiger charge is -2.21. The van der Waals surface area contributed by atoms with E-state index in [1.54, 1.807) is 23.1 Å². The van der Waals surface area contributed by atoms with Crippen molar-refractivity contribution in [1.82, 2.24) is 15.5 Å². The molecule has 2 aliphatic rings. The number of nitrogens with one attached hydrogen (secondary N) is 2. The van der Waals surface area contributed by atoms with Crippen molar-refractivity contribution >= 4 is 29.4 Å². The van der Waals surface area contributed by atoms with Crippen LogP contribution in [0.4, 0.5) is 4.79 Å². The molecule has 0 aromatic heterocycles.